The molecule has 0 atom stereocenters. The molecule has 0 aromatic carbocycles. The normalized spacial score (nSPS) is 18.3. The summed E-state index contributed by atoms with van der Waals surface area (Å²) >= 11 is 0. The van der Waals surface area contributed by atoms with Crippen molar-refractivity contribution in [3.63, 3.8) is 0 Å². The fourth-order valence-electron chi connectivity index (χ4n) is 1.40. The molecule has 60 valence electrons. The molecule has 0 amide bonds. The SMILES string of the molecule is OCc1ncoc1C1CCC1. The second-order valence-electron chi connectivity index (χ2n) is 2.95. The molecule has 0 radical (unpaired) electrons. The van der Waals surface area contributed by atoms with E-state index in [0.717, 1.165) is 11.5 Å². The highest BCUT2D eigenvalue weighted by Crippen LogP contribution is 2.37. The first-order valence-electron chi connectivity index (χ1n) is 3.95. The van der Waals surface area contributed by atoms with Gasteiger partial charge in [-0.3, -0.25) is 0 Å². The fraction of sp³-hybridized carbons (Fsp3) is 0.625. The Morgan fingerprint density at radius 3 is 3.00 bits per heavy atom. The lowest BCUT2D eigenvalue weighted by Gasteiger charge is -2.23. The summed E-state index contributed by atoms with van der Waals surface area (Å²) in [5.74, 6) is 1.43. The number of aliphatic hydroxyl groups excluding tert-OH is 1. The zero-order valence-corrected chi connectivity index (χ0v) is 6.29. The molecule has 0 bridgehead atoms. The van der Waals surface area contributed by atoms with Crippen molar-refractivity contribution < 1.29 is 9.52 Å². The van der Waals surface area contributed by atoms with Crippen molar-refractivity contribution in [3.8, 4) is 0 Å². The standard InChI is InChI=1S/C8H11NO2/c10-4-7-8(11-5-9-7)6-2-1-3-6/h5-6,10H,1-4H2. The van der Waals surface area contributed by atoms with Crippen LogP contribution in [0.15, 0.2) is 10.8 Å². The number of hydrogen-bond donors (Lipinski definition) is 1. The van der Waals surface area contributed by atoms with Gasteiger partial charge in [0.25, 0.3) is 0 Å². The first-order valence-corrected chi connectivity index (χ1v) is 3.95. The minimum absolute atomic E-state index is 0.00231. The third-order valence-corrected chi connectivity index (χ3v) is 2.30. The van der Waals surface area contributed by atoms with Crippen LogP contribution in [-0.2, 0) is 6.61 Å². The average molecular weight is 153 g/mol. The van der Waals surface area contributed by atoms with Gasteiger partial charge in [0, 0.05) is 5.92 Å². The van der Waals surface area contributed by atoms with E-state index in [1.165, 1.54) is 25.7 Å². The van der Waals surface area contributed by atoms with Crippen molar-refractivity contribution in [1.82, 2.24) is 4.98 Å². The van der Waals surface area contributed by atoms with Gasteiger partial charge < -0.3 is 9.52 Å². The van der Waals surface area contributed by atoms with Crippen LogP contribution in [0.4, 0.5) is 0 Å². The molecule has 0 aliphatic heterocycles. The number of aliphatic hydroxyl groups is 1. The summed E-state index contributed by atoms with van der Waals surface area (Å²) in [7, 11) is 0. The third-order valence-electron chi connectivity index (χ3n) is 2.30. The summed E-state index contributed by atoms with van der Waals surface area (Å²) in [5, 5.41) is 8.85. The quantitative estimate of drug-likeness (QED) is 0.699. The third kappa shape index (κ3) is 1.05. The predicted molar refractivity (Wildman–Crippen MR) is 39.0 cm³/mol. The van der Waals surface area contributed by atoms with Gasteiger partial charge in [0.2, 0.25) is 0 Å². The number of aromatic nitrogens is 1. The molecule has 1 fully saturated rings. The first kappa shape index (κ1) is 6.85. The number of hydrogen-bond acceptors (Lipinski definition) is 3. The highest BCUT2D eigenvalue weighted by atomic mass is 16.3. The maximum atomic E-state index is 8.85. The fourth-order valence-corrected chi connectivity index (χ4v) is 1.40. The van der Waals surface area contributed by atoms with Gasteiger partial charge in [-0.15, -0.1) is 0 Å². The van der Waals surface area contributed by atoms with Gasteiger partial charge >= 0.3 is 0 Å². The van der Waals surface area contributed by atoms with Crippen molar-refractivity contribution in [1.29, 1.82) is 0 Å². The van der Waals surface area contributed by atoms with Crippen LogP contribution >= 0.6 is 0 Å². The Labute approximate surface area is 65.1 Å². The minimum atomic E-state index is 0.00231. The second-order valence-corrected chi connectivity index (χ2v) is 2.95. The molecule has 1 N–H and O–H groups in total. The molecular formula is C8H11NO2. The lowest BCUT2D eigenvalue weighted by atomic mass is 9.83. The van der Waals surface area contributed by atoms with Crippen LogP contribution in [-0.4, -0.2) is 10.1 Å². The highest BCUT2D eigenvalue weighted by Gasteiger charge is 2.25. The molecule has 1 aromatic rings. The molecule has 3 heteroatoms. The monoisotopic (exact) mass is 153 g/mol. The van der Waals surface area contributed by atoms with Crippen molar-refractivity contribution in [2.24, 2.45) is 0 Å². The van der Waals surface area contributed by atoms with E-state index in [0.29, 0.717) is 5.92 Å². The Morgan fingerprint density at radius 1 is 1.64 bits per heavy atom. The van der Waals surface area contributed by atoms with E-state index in [1.807, 2.05) is 0 Å². The van der Waals surface area contributed by atoms with Crippen molar-refractivity contribution in [3.05, 3.63) is 17.8 Å². The lowest BCUT2D eigenvalue weighted by Crippen LogP contribution is -2.09. The number of rotatable bonds is 2. The Kier molecular flexibility index (Phi) is 1.66. The maximum Gasteiger partial charge on any atom is 0.181 e. The van der Waals surface area contributed by atoms with Crippen molar-refractivity contribution >= 4 is 0 Å². The summed E-state index contributed by atoms with van der Waals surface area (Å²) < 4.78 is 5.19. The Bertz CT molecular complexity index is 240. The predicted octanol–water partition coefficient (Wildman–Crippen LogP) is 1.43. The molecule has 0 saturated heterocycles. The van der Waals surface area contributed by atoms with E-state index in [9.17, 15) is 0 Å². The Morgan fingerprint density at radius 2 is 2.45 bits per heavy atom. The molecule has 1 aliphatic rings. The van der Waals surface area contributed by atoms with Gasteiger partial charge in [0.15, 0.2) is 6.39 Å². The van der Waals surface area contributed by atoms with Crippen LogP contribution in [0, 0.1) is 0 Å². The lowest BCUT2D eigenvalue weighted by molar-refractivity contribution is 0.266. The van der Waals surface area contributed by atoms with Crippen LogP contribution in [0.2, 0.25) is 0 Å². The molecule has 1 aliphatic carbocycles. The van der Waals surface area contributed by atoms with Crippen LogP contribution in [0.1, 0.15) is 36.6 Å². The van der Waals surface area contributed by atoms with Crippen molar-refractivity contribution in [2.75, 3.05) is 0 Å². The average Bonchev–Trinajstić information content (AvgIpc) is 2.32. The summed E-state index contributed by atoms with van der Waals surface area (Å²) in [4.78, 5) is 3.92. The first-order chi connectivity index (χ1) is 5.42. The molecule has 1 heterocycles. The maximum absolute atomic E-state index is 8.85. The van der Waals surface area contributed by atoms with E-state index in [-0.39, 0.29) is 6.61 Å². The van der Waals surface area contributed by atoms with Gasteiger partial charge in [-0.1, -0.05) is 6.42 Å². The molecule has 1 saturated carbocycles. The van der Waals surface area contributed by atoms with E-state index >= 15 is 0 Å². The largest absolute Gasteiger partial charge is 0.448 e. The summed E-state index contributed by atoms with van der Waals surface area (Å²) in [6.07, 6.45) is 5.06. The Balaban J connectivity index is 2.20. The zero-order chi connectivity index (χ0) is 7.68. The van der Waals surface area contributed by atoms with Crippen LogP contribution < -0.4 is 0 Å². The smallest absolute Gasteiger partial charge is 0.181 e. The van der Waals surface area contributed by atoms with Crippen LogP contribution in [0.5, 0.6) is 0 Å². The van der Waals surface area contributed by atoms with Gasteiger partial charge in [-0.25, -0.2) is 4.98 Å². The van der Waals surface area contributed by atoms with Crippen LogP contribution in [0.3, 0.4) is 0 Å². The number of oxazole rings is 1. The summed E-state index contributed by atoms with van der Waals surface area (Å²) in [6.45, 7) is 0.00231. The minimum Gasteiger partial charge on any atom is -0.448 e. The molecular weight excluding hydrogens is 142 g/mol. The summed E-state index contributed by atoms with van der Waals surface area (Å²) in [6, 6.07) is 0. The molecule has 2 rings (SSSR count). The van der Waals surface area contributed by atoms with E-state index in [2.05, 4.69) is 4.98 Å². The number of nitrogens with zero attached hydrogens (tertiary/aromatic N) is 1. The topological polar surface area (TPSA) is 46.3 Å². The van der Waals surface area contributed by atoms with Gasteiger partial charge in [-0.2, -0.15) is 0 Å². The molecule has 3 nitrogen and oxygen atoms in total. The van der Waals surface area contributed by atoms with Gasteiger partial charge in [-0.05, 0) is 12.8 Å². The molecule has 11 heavy (non-hydrogen) atoms. The second kappa shape index (κ2) is 2.66. The van der Waals surface area contributed by atoms with E-state index in [1.54, 1.807) is 0 Å². The summed E-state index contributed by atoms with van der Waals surface area (Å²) in [5.41, 5.74) is 0.717. The molecule has 1 aromatic heterocycles. The van der Waals surface area contributed by atoms with E-state index in [4.69, 9.17) is 9.52 Å². The highest BCUT2D eigenvalue weighted by molar-refractivity contribution is 5.13. The zero-order valence-electron chi connectivity index (χ0n) is 6.29. The van der Waals surface area contributed by atoms with Gasteiger partial charge in [0.05, 0.1) is 6.61 Å². The Hall–Kier alpha value is -0.830. The van der Waals surface area contributed by atoms with Crippen molar-refractivity contribution in [2.45, 2.75) is 31.8 Å². The van der Waals surface area contributed by atoms with Crippen LogP contribution in [0.25, 0.3) is 0 Å². The van der Waals surface area contributed by atoms with E-state index < -0.39 is 0 Å². The van der Waals surface area contributed by atoms with Gasteiger partial charge in [0.1, 0.15) is 11.5 Å². The molecule has 0 unspecified atom stereocenters. The molecule has 0 spiro atoms.